The van der Waals surface area contributed by atoms with Crippen LogP contribution in [0, 0.1) is 5.82 Å². The van der Waals surface area contributed by atoms with Gasteiger partial charge in [0, 0.05) is 62.5 Å². The zero-order chi connectivity index (χ0) is 27.5. The monoisotopic (exact) mass is 529 g/mol. The van der Waals surface area contributed by atoms with Crippen LogP contribution < -0.4 is 10.3 Å². The molecule has 1 saturated heterocycles. The van der Waals surface area contributed by atoms with Crippen LogP contribution in [-0.2, 0) is 18.4 Å². The van der Waals surface area contributed by atoms with Gasteiger partial charge in [-0.15, -0.1) is 0 Å². The maximum atomic E-state index is 15.1. The zero-order valence-electron chi connectivity index (χ0n) is 19.7. The Morgan fingerprint density at radius 1 is 1.16 bits per heavy atom. The third-order valence-corrected chi connectivity index (χ3v) is 5.74. The lowest BCUT2D eigenvalue weighted by atomic mass is 10.0. The maximum absolute atomic E-state index is 15.1. The molecule has 0 bridgehead atoms. The molecule has 0 atom stereocenters. The van der Waals surface area contributed by atoms with Gasteiger partial charge in [-0.25, -0.2) is 14.0 Å². The predicted octanol–water partition coefficient (Wildman–Crippen LogP) is 2.51. The minimum Gasteiger partial charge on any atom is -0.496 e. The second kappa shape index (κ2) is 10.9. The van der Waals surface area contributed by atoms with E-state index in [0.717, 1.165) is 0 Å². The van der Waals surface area contributed by atoms with E-state index in [9.17, 15) is 22.8 Å². The number of carbonyl (C=O) groups is 2. The van der Waals surface area contributed by atoms with Crippen molar-refractivity contribution in [3.05, 3.63) is 46.3 Å². The van der Waals surface area contributed by atoms with Crippen molar-refractivity contribution in [2.24, 2.45) is 7.05 Å². The summed E-state index contributed by atoms with van der Waals surface area (Å²) in [6, 6.07) is 3.18. The Labute approximate surface area is 206 Å². The number of aromatic amines is 1. The molecule has 0 aliphatic carbocycles. The molecule has 0 unspecified atom stereocenters. The minimum atomic E-state index is -5.08. The average Bonchev–Trinajstić information content (AvgIpc) is 3.33. The van der Waals surface area contributed by atoms with Crippen molar-refractivity contribution >= 4 is 23.0 Å². The molecule has 0 radical (unpaired) electrons. The molecule has 4 rings (SSSR count). The number of fused-ring (bicyclic) bond motifs is 1. The highest BCUT2D eigenvalue weighted by molar-refractivity contribution is 5.93. The van der Waals surface area contributed by atoms with E-state index in [-0.39, 0.29) is 5.56 Å². The van der Waals surface area contributed by atoms with E-state index < -0.39 is 24.1 Å². The lowest BCUT2D eigenvalue weighted by molar-refractivity contribution is -0.192. The van der Waals surface area contributed by atoms with Crippen molar-refractivity contribution in [1.82, 2.24) is 24.6 Å². The van der Waals surface area contributed by atoms with Crippen molar-refractivity contribution in [1.29, 1.82) is 0 Å². The number of carboxylic acids is 1. The van der Waals surface area contributed by atoms with Gasteiger partial charge in [0.05, 0.1) is 13.3 Å². The number of methoxy groups -OCH3 is 1. The van der Waals surface area contributed by atoms with Crippen LogP contribution in [0.2, 0.25) is 0 Å². The second-order valence-electron chi connectivity index (χ2n) is 8.11. The smallest absolute Gasteiger partial charge is 0.490 e. The number of nitrogens with zero attached hydrogens (tertiary/aromatic N) is 4. The van der Waals surface area contributed by atoms with Gasteiger partial charge in [0.25, 0.3) is 5.56 Å². The first-order chi connectivity index (χ1) is 17.3. The van der Waals surface area contributed by atoms with Crippen molar-refractivity contribution in [2.75, 3.05) is 33.3 Å². The number of nitrogens with one attached hydrogen (secondary N) is 1. The summed E-state index contributed by atoms with van der Waals surface area (Å²) >= 11 is 0. The summed E-state index contributed by atoms with van der Waals surface area (Å²) in [6.07, 6.45) is -2.82. The summed E-state index contributed by atoms with van der Waals surface area (Å²) in [7, 11) is 3.11. The molecular formula is C22H23F4N5O6. The molecule has 0 saturated carbocycles. The molecule has 1 aliphatic rings. The Morgan fingerprint density at radius 2 is 1.78 bits per heavy atom. The number of pyridine rings is 1. The van der Waals surface area contributed by atoms with Crippen molar-refractivity contribution in [3.8, 4) is 16.9 Å². The van der Waals surface area contributed by atoms with Gasteiger partial charge in [-0.3, -0.25) is 14.8 Å². The molecule has 1 amide bonds. The van der Waals surface area contributed by atoms with Crippen molar-refractivity contribution in [2.45, 2.75) is 12.7 Å². The molecule has 15 heteroatoms. The molecule has 3 N–H and O–H groups in total. The summed E-state index contributed by atoms with van der Waals surface area (Å²) in [5.74, 6) is -2.78. The molecule has 1 fully saturated rings. The van der Waals surface area contributed by atoms with Gasteiger partial charge in [0.2, 0.25) is 0 Å². The third-order valence-electron chi connectivity index (χ3n) is 5.74. The zero-order valence-corrected chi connectivity index (χ0v) is 19.7. The van der Waals surface area contributed by atoms with E-state index in [1.807, 2.05) is 4.90 Å². The van der Waals surface area contributed by atoms with E-state index in [0.29, 0.717) is 66.1 Å². The summed E-state index contributed by atoms with van der Waals surface area (Å²) in [5, 5.41) is 23.5. The standard InChI is InChI=1S/C20H22FN5O4.C2HF3O2/c1-24-10-14(13-9-22-23-18(13)19(24)27)12-7-16(21)15(17(8-12)30-2)11-25-3-5-26(6-4-25)20(28)29;3-2(4,5)1(6)7/h7-10H,3-6,11H2,1-2H3,(H,22,23)(H,28,29);(H,6,7). The second-order valence-corrected chi connectivity index (χ2v) is 8.11. The quantitative estimate of drug-likeness (QED) is 0.438. The van der Waals surface area contributed by atoms with Crippen LogP contribution in [0.4, 0.5) is 22.4 Å². The molecule has 1 aliphatic heterocycles. The van der Waals surface area contributed by atoms with Gasteiger partial charge >= 0.3 is 18.2 Å². The normalized spacial score (nSPS) is 14.3. The first-order valence-electron chi connectivity index (χ1n) is 10.7. The molecule has 3 heterocycles. The van der Waals surface area contributed by atoms with E-state index in [4.69, 9.17) is 19.7 Å². The van der Waals surface area contributed by atoms with Crippen molar-refractivity contribution in [3.63, 3.8) is 0 Å². The SMILES string of the molecule is COc1cc(-c2cn(C)c(=O)c3[nH]ncc23)cc(F)c1CN1CCN(C(=O)O)CC1.O=C(O)C(F)(F)F. The van der Waals surface area contributed by atoms with Crippen LogP contribution in [0.25, 0.3) is 22.0 Å². The number of ether oxygens (including phenoxy) is 1. The molecule has 200 valence electrons. The molecule has 3 aromatic rings. The first kappa shape index (κ1) is 27.4. The highest BCUT2D eigenvalue weighted by Gasteiger charge is 2.38. The number of rotatable bonds is 4. The van der Waals surface area contributed by atoms with E-state index in [1.165, 1.54) is 22.6 Å². The number of amides is 1. The number of aromatic nitrogens is 3. The lowest BCUT2D eigenvalue weighted by Gasteiger charge is -2.33. The lowest BCUT2D eigenvalue weighted by Crippen LogP contribution is -2.47. The number of piperazine rings is 1. The summed E-state index contributed by atoms with van der Waals surface area (Å²) < 4.78 is 53.8. The summed E-state index contributed by atoms with van der Waals surface area (Å²) in [4.78, 5) is 35.6. The maximum Gasteiger partial charge on any atom is 0.490 e. The summed E-state index contributed by atoms with van der Waals surface area (Å²) in [5.41, 5.74) is 1.80. The topological polar surface area (TPSA) is 141 Å². The van der Waals surface area contributed by atoms with E-state index >= 15 is 4.39 Å². The predicted molar refractivity (Wildman–Crippen MR) is 122 cm³/mol. The number of aliphatic carboxylic acids is 1. The third kappa shape index (κ3) is 6.17. The van der Waals surface area contributed by atoms with Gasteiger partial charge in [-0.05, 0) is 17.7 Å². The Bertz CT molecular complexity index is 1360. The number of hydrogen-bond acceptors (Lipinski definition) is 6. The fourth-order valence-electron chi connectivity index (χ4n) is 3.80. The van der Waals surface area contributed by atoms with E-state index in [1.54, 1.807) is 25.5 Å². The van der Waals surface area contributed by atoms with Gasteiger partial charge in [0.1, 0.15) is 17.1 Å². The highest BCUT2D eigenvalue weighted by atomic mass is 19.4. The van der Waals surface area contributed by atoms with Crippen LogP contribution in [0.1, 0.15) is 5.56 Å². The Hall–Kier alpha value is -4.14. The average molecular weight is 529 g/mol. The number of halogens is 4. The minimum absolute atomic E-state index is 0.212. The number of hydrogen-bond donors (Lipinski definition) is 3. The van der Waals surface area contributed by atoms with Gasteiger partial charge in [-0.2, -0.15) is 18.3 Å². The van der Waals surface area contributed by atoms with Crippen LogP contribution in [0.5, 0.6) is 5.75 Å². The molecule has 1 aromatic carbocycles. The molecule has 0 spiro atoms. The van der Waals surface area contributed by atoms with Gasteiger partial charge in [0.15, 0.2) is 0 Å². The van der Waals surface area contributed by atoms with Crippen LogP contribution in [-0.4, -0.2) is 86.3 Å². The van der Waals surface area contributed by atoms with Crippen LogP contribution in [0.15, 0.2) is 29.3 Å². The number of H-pyrrole nitrogens is 1. The Balaban J connectivity index is 0.000000479. The summed E-state index contributed by atoms with van der Waals surface area (Å²) in [6.45, 7) is 2.12. The fourth-order valence-corrected chi connectivity index (χ4v) is 3.80. The van der Waals surface area contributed by atoms with E-state index in [2.05, 4.69) is 10.2 Å². The number of benzene rings is 1. The van der Waals surface area contributed by atoms with Gasteiger partial charge in [-0.1, -0.05) is 0 Å². The molecule has 11 nitrogen and oxygen atoms in total. The van der Waals surface area contributed by atoms with Gasteiger partial charge < -0.3 is 24.4 Å². The Kier molecular flexibility index (Phi) is 8.06. The Morgan fingerprint density at radius 3 is 2.32 bits per heavy atom. The largest absolute Gasteiger partial charge is 0.496 e. The molecule has 2 aromatic heterocycles. The number of carboxylic acid groups (broad SMARTS) is 2. The fraction of sp³-hybridized carbons (Fsp3) is 0.364. The molecule has 37 heavy (non-hydrogen) atoms. The highest BCUT2D eigenvalue weighted by Crippen LogP contribution is 2.33. The first-order valence-corrected chi connectivity index (χ1v) is 10.7. The van der Waals surface area contributed by atoms with Crippen LogP contribution >= 0.6 is 0 Å². The van der Waals surface area contributed by atoms with Crippen LogP contribution in [0.3, 0.4) is 0 Å². The number of alkyl halides is 3. The number of aryl methyl sites for hydroxylation is 1. The molecular weight excluding hydrogens is 506 g/mol. The van der Waals surface area contributed by atoms with Crippen molar-refractivity contribution < 1.29 is 42.1 Å².